The zero-order chi connectivity index (χ0) is 13.1. The molecule has 94 valence electrons. The van der Waals surface area contributed by atoms with Gasteiger partial charge in [0.15, 0.2) is 0 Å². The molecule has 1 unspecified atom stereocenters. The van der Waals surface area contributed by atoms with Gasteiger partial charge in [0, 0.05) is 11.3 Å². The predicted octanol–water partition coefficient (Wildman–Crippen LogP) is 2.67. The first-order valence-electron chi connectivity index (χ1n) is 5.80. The van der Waals surface area contributed by atoms with Crippen molar-refractivity contribution in [2.75, 3.05) is 12.8 Å². The van der Waals surface area contributed by atoms with Crippen LogP contribution in [0.3, 0.4) is 0 Å². The summed E-state index contributed by atoms with van der Waals surface area (Å²) in [6.07, 6.45) is -0.735. The molecule has 18 heavy (non-hydrogen) atoms. The number of aliphatic hydroxyl groups is 1. The largest absolute Gasteiger partial charge is 0.497 e. The fourth-order valence-electron chi connectivity index (χ4n) is 1.93. The zero-order valence-electron chi connectivity index (χ0n) is 10.6. The van der Waals surface area contributed by atoms with Gasteiger partial charge in [0.1, 0.15) is 11.9 Å². The zero-order valence-corrected chi connectivity index (χ0v) is 10.6. The number of hydrogen-bond donors (Lipinski definition) is 2. The van der Waals surface area contributed by atoms with Crippen molar-refractivity contribution in [2.24, 2.45) is 0 Å². The number of rotatable bonds is 3. The number of ether oxygens (including phenoxy) is 1. The highest BCUT2D eigenvalue weighted by atomic mass is 16.5. The highest BCUT2D eigenvalue weighted by Crippen LogP contribution is 2.29. The van der Waals surface area contributed by atoms with Crippen LogP contribution in [0, 0.1) is 6.92 Å². The Kier molecular flexibility index (Phi) is 3.53. The van der Waals surface area contributed by atoms with E-state index in [0.29, 0.717) is 11.3 Å². The summed E-state index contributed by atoms with van der Waals surface area (Å²) in [5.74, 6) is 0.720. The Labute approximate surface area is 107 Å². The summed E-state index contributed by atoms with van der Waals surface area (Å²) in [7, 11) is 1.60. The third-order valence-corrected chi connectivity index (χ3v) is 2.95. The highest BCUT2D eigenvalue weighted by Gasteiger charge is 2.13. The second kappa shape index (κ2) is 5.10. The van der Waals surface area contributed by atoms with Crippen LogP contribution in [0.25, 0.3) is 0 Å². The molecule has 0 saturated heterocycles. The second-order valence-corrected chi connectivity index (χ2v) is 4.31. The summed E-state index contributed by atoms with van der Waals surface area (Å²) in [4.78, 5) is 0. The van der Waals surface area contributed by atoms with E-state index in [2.05, 4.69) is 0 Å². The van der Waals surface area contributed by atoms with Gasteiger partial charge in [0.2, 0.25) is 0 Å². The number of hydrogen-bond acceptors (Lipinski definition) is 3. The number of nitrogen functional groups attached to an aromatic ring is 1. The highest BCUT2D eigenvalue weighted by molar-refractivity contribution is 5.52. The Hall–Kier alpha value is -2.00. The smallest absolute Gasteiger partial charge is 0.119 e. The molecule has 0 aliphatic heterocycles. The Morgan fingerprint density at radius 2 is 1.94 bits per heavy atom. The van der Waals surface area contributed by atoms with Crippen LogP contribution in [0.15, 0.2) is 42.5 Å². The molecule has 0 heterocycles. The first kappa shape index (κ1) is 12.5. The van der Waals surface area contributed by atoms with E-state index in [4.69, 9.17) is 10.5 Å². The minimum atomic E-state index is -0.735. The van der Waals surface area contributed by atoms with Crippen LogP contribution in [0.5, 0.6) is 5.75 Å². The van der Waals surface area contributed by atoms with E-state index in [0.717, 1.165) is 16.9 Å². The van der Waals surface area contributed by atoms with Crippen molar-refractivity contribution in [3.8, 4) is 5.75 Å². The third kappa shape index (κ3) is 2.46. The summed E-state index contributed by atoms with van der Waals surface area (Å²) in [5.41, 5.74) is 9.10. The van der Waals surface area contributed by atoms with Gasteiger partial charge in [0.25, 0.3) is 0 Å². The molecule has 0 aliphatic carbocycles. The number of methoxy groups -OCH3 is 1. The molecular formula is C15H17NO2. The van der Waals surface area contributed by atoms with Crippen molar-refractivity contribution in [1.29, 1.82) is 0 Å². The van der Waals surface area contributed by atoms with Gasteiger partial charge >= 0.3 is 0 Å². The van der Waals surface area contributed by atoms with Gasteiger partial charge in [-0.1, -0.05) is 24.3 Å². The normalized spacial score (nSPS) is 12.2. The molecule has 3 N–H and O–H groups in total. The van der Waals surface area contributed by atoms with Crippen molar-refractivity contribution < 1.29 is 9.84 Å². The van der Waals surface area contributed by atoms with Gasteiger partial charge in [-0.3, -0.25) is 0 Å². The van der Waals surface area contributed by atoms with Gasteiger partial charge in [-0.15, -0.1) is 0 Å². The third-order valence-electron chi connectivity index (χ3n) is 2.95. The second-order valence-electron chi connectivity index (χ2n) is 4.31. The van der Waals surface area contributed by atoms with Gasteiger partial charge < -0.3 is 15.6 Å². The predicted molar refractivity (Wildman–Crippen MR) is 72.6 cm³/mol. The topological polar surface area (TPSA) is 55.5 Å². The van der Waals surface area contributed by atoms with E-state index in [1.54, 1.807) is 7.11 Å². The quantitative estimate of drug-likeness (QED) is 0.815. The Morgan fingerprint density at radius 3 is 2.61 bits per heavy atom. The van der Waals surface area contributed by atoms with Gasteiger partial charge in [-0.25, -0.2) is 0 Å². The van der Waals surface area contributed by atoms with Crippen LogP contribution >= 0.6 is 0 Å². The van der Waals surface area contributed by atoms with Crippen molar-refractivity contribution in [3.05, 3.63) is 59.2 Å². The molecular weight excluding hydrogens is 226 g/mol. The number of nitrogens with two attached hydrogens (primary N) is 1. The molecule has 0 bridgehead atoms. The van der Waals surface area contributed by atoms with E-state index in [1.807, 2.05) is 49.4 Å². The molecule has 0 amide bonds. The van der Waals surface area contributed by atoms with Gasteiger partial charge in [-0.2, -0.15) is 0 Å². The molecule has 2 aromatic carbocycles. The van der Waals surface area contributed by atoms with Crippen molar-refractivity contribution >= 4 is 5.69 Å². The SMILES string of the molecule is COc1cccc(C(O)c2ccc(C)cc2N)c1. The first-order chi connectivity index (χ1) is 8.61. The van der Waals surface area contributed by atoms with Crippen LogP contribution in [0.1, 0.15) is 22.8 Å². The number of aryl methyl sites for hydroxylation is 1. The minimum absolute atomic E-state index is 0.602. The average Bonchev–Trinajstić information content (AvgIpc) is 2.38. The Balaban J connectivity index is 2.37. The first-order valence-corrected chi connectivity index (χ1v) is 5.80. The number of aliphatic hydroxyl groups excluding tert-OH is 1. The summed E-state index contributed by atoms with van der Waals surface area (Å²) >= 11 is 0. The molecule has 3 nitrogen and oxygen atoms in total. The summed E-state index contributed by atoms with van der Waals surface area (Å²) in [6, 6.07) is 13.0. The maximum atomic E-state index is 10.3. The van der Waals surface area contributed by atoms with Crippen molar-refractivity contribution in [2.45, 2.75) is 13.0 Å². The van der Waals surface area contributed by atoms with Gasteiger partial charge in [0.05, 0.1) is 7.11 Å². The van der Waals surface area contributed by atoms with Crippen LogP contribution in [-0.2, 0) is 0 Å². The van der Waals surface area contributed by atoms with E-state index in [-0.39, 0.29) is 0 Å². The van der Waals surface area contributed by atoms with E-state index >= 15 is 0 Å². The van der Waals surface area contributed by atoms with Crippen LogP contribution < -0.4 is 10.5 Å². The van der Waals surface area contributed by atoms with E-state index < -0.39 is 6.10 Å². The standard InChI is InChI=1S/C15H17NO2/c1-10-6-7-13(14(16)8-10)15(17)11-4-3-5-12(9-11)18-2/h3-9,15,17H,16H2,1-2H3. The lowest BCUT2D eigenvalue weighted by Crippen LogP contribution is -2.04. The van der Waals surface area contributed by atoms with E-state index in [1.165, 1.54) is 0 Å². The summed E-state index contributed by atoms with van der Waals surface area (Å²) in [6.45, 7) is 1.97. The van der Waals surface area contributed by atoms with Crippen LogP contribution in [0.2, 0.25) is 0 Å². The lowest BCUT2D eigenvalue weighted by atomic mass is 9.98. The molecule has 3 heteroatoms. The lowest BCUT2D eigenvalue weighted by molar-refractivity contribution is 0.220. The molecule has 0 spiro atoms. The van der Waals surface area contributed by atoms with Crippen molar-refractivity contribution in [3.63, 3.8) is 0 Å². The maximum absolute atomic E-state index is 10.3. The molecule has 2 aromatic rings. The molecule has 0 aromatic heterocycles. The average molecular weight is 243 g/mol. The lowest BCUT2D eigenvalue weighted by Gasteiger charge is -2.15. The van der Waals surface area contributed by atoms with Crippen LogP contribution in [0.4, 0.5) is 5.69 Å². The molecule has 0 radical (unpaired) electrons. The Bertz CT molecular complexity index is 552. The van der Waals surface area contributed by atoms with Crippen LogP contribution in [-0.4, -0.2) is 12.2 Å². The Morgan fingerprint density at radius 1 is 1.17 bits per heavy atom. The fourth-order valence-corrected chi connectivity index (χ4v) is 1.93. The molecule has 0 aliphatic rings. The maximum Gasteiger partial charge on any atom is 0.119 e. The summed E-state index contributed by atoms with van der Waals surface area (Å²) in [5, 5.41) is 10.3. The van der Waals surface area contributed by atoms with Gasteiger partial charge in [-0.05, 0) is 36.2 Å². The van der Waals surface area contributed by atoms with E-state index in [9.17, 15) is 5.11 Å². The molecule has 1 atom stereocenters. The molecule has 2 rings (SSSR count). The fraction of sp³-hybridized carbons (Fsp3) is 0.200. The monoisotopic (exact) mass is 243 g/mol. The number of anilines is 1. The van der Waals surface area contributed by atoms with Crippen molar-refractivity contribution in [1.82, 2.24) is 0 Å². The minimum Gasteiger partial charge on any atom is -0.497 e. The summed E-state index contributed by atoms with van der Waals surface area (Å²) < 4.78 is 5.15. The molecule has 0 saturated carbocycles. The molecule has 0 fully saturated rings. The number of benzene rings is 2.